The van der Waals surface area contributed by atoms with E-state index in [2.05, 4.69) is 15.0 Å². The van der Waals surface area contributed by atoms with Crippen LogP contribution in [0.15, 0.2) is 42.6 Å². The highest BCUT2D eigenvalue weighted by Crippen LogP contribution is 2.17. The number of anilines is 1. The van der Waals surface area contributed by atoms with Crippen molar-refractivity contribution < 1.29 is 14.3 Å². The van der Waals surface area contributed by atoms with E-state index in [1.807, 2.05) is 0 Å². The second-order valence-electron chi connectivity index (χ2n) is 4.13. The molecular weight excluding hydrogens is 256 g/mol. The number of para-hydroxylation sites is 1. The van der Waals surface area contributed by atoms with E-state index in [0.29, 0.717) is 22.5 Å². The van der Waals surface area contributed by atoms with Crippen LogP contribution in [0.2, 0.25) is 0 Å². The van der Waals surface area contributed by atoms with Crippen molar-refractivity contribution >= 4 is 17.6 Å². The van der Waals surface area contributed by atoms with Crippen LogP contribution in [-0.2, 0) is 4.74 Å². The molecule has 0 radical (unpaired) electrons. The van der Waals surface area contributed by atoms with Crippen LogP contribution < -0.4 is 5.32 Å². The highest BCUT2D eigenvalue weighted by molar-refractivity contribution is 6.08. The van der Waals surface area contributed by atoms with E-state index in [4.69, 9.17) is 0 Å². The highest BCUT2D eigenvalue weighted by atomic mass is 16.5. The zero-order chi connectivity index (χ0) is 14.5. The molecule has 0 aliphatic carbocycles. The number of nitrogens with one attached hydrogen (secondary N) is 1. The first kappa shape index (κ1) is 13.7. The van der Waals surface area contributed by atoms with Crippen molar-refractivity contribution in [2.75, 3.05) is 12.4 Å². The van der Waals surface area contributed by atoms with Crippen LogP contribution in [0.5, 0.6) is 0 Å². The van der Waals surface area contributed by atoms with E-state index in [0.717, 1.165) is 0 Å². The molecule has 1 heterocycles. The van der Waals surface area contributed by atoms with Crippen molar-refractivity contribution in [2.45, 2.75) is 6.92 Å². The highest BCUT2D eigenvalue weighted by Gasteiger charge is 2.15. The van der Waals surface area contributed by atoms with Gasteiger partial charge in [0.05, 0.1) is 23.9 Å². The van der Waals surface area contributed by atoms with E-state index in [1.165, 1.54) is 7.11 Å². The molecule has 0 saturated carbocycles. The Balaban J connectivity index is 2.29. The van der Waals surface area contributed by atoms with Gasteiger partial charge in [-0.1, -0.05) is 12.1 Å². The van der Waals surface area contributed by atoms with Crippen molar-refractivity contribution in [3.63, 3.8) is 0 Å². The van der Waals surface area contributed by atoms with Gasteiger partial charge in [-0.05, 0) is 31.2 Å². The third-order valence-electron chi connectivity index (χ3n) is 2.83. The van der Waals surface area contributed by atoms with Crippen molar-refractivity contribution in [1.29, 1.82) is 0 Å². The number of pyridine rings is 1. The summed E-state index contributed by atoms with van der Waals surface area (Å²) in [4.78, 5) is 27.9. The second-order valence-corrected chi connectivity index (χ2v) is 4.13. The van der Waals surface area contributed by atoms with Crippen LogP contribution >= 0.6 is 0 Å². The number of aromatic nitrogens is 1. The van der Waals surface area contributed by atoms with Gasteiger partial charge in [0.2, 0.25) is 0 Å². The Labute approximate surface area is 116 Å². The molecule has 0 aliphatic rings. The van der Waals surface area contributed by atoms with Crippen LogP contribution in [0.1, 0.15) is 26.4 Å². The smallest absolute Gasteiger partial charge is 0.339 e. The average molecular weight is 270 g/mol. The van der Waals surface area contributed by atoms with Crippen LogP contribution in [-0.4, -0.2) is 24.0 Å². The number of benzene rings is 1. The lowest BCUT2D eigenvalue weighted by Crippen LogP contribution is -2.16. The summed E-state index contributed by atoms with van der Waals surface area (Å²) in [5.41, 5.74) is 1.81. The summed E-state index contributed by atoms with van der Waals surface area (Å²) in [5, 5.41) is 2.70. The van der Waals surface area contributed by atoms with E-state index in [9.17, 15) is 9.59 Å². The molecule has 5 heteroatoms. The van der Waals surface area contributed by atoms with E-state index in [-0.39, 0.29) is 5.91 Å². The number of amides is 1. The van der Waals surface area contributed by atoms with Gasteiger partial charge in [-0.2, -0.15) is 0 Å². The minimum absolute atomic E-state index is 0.310. The largest absolute Gasteiger partial charge is 0.465 e. The fraction of sp³-hybridized carbons (Fsp3) is 0.133. The third kappa shape index (κ3) is 2.83. The summed E-state index contributed by atoms with van der Waals surface area (Å²) >= 11 is 0. The molecule has 0 unspecified atom stereocenters. The number of aryl methyl sites for hydroxylation is 1. The topological polar surface area (TPSA) is 68.3 Å². The molecule has 1 N–H and O–H groups in total. The van der Waals surface area contributed by atoms with Crippen molar-refractivity contribution in [3.8, 4) is 0 Å². The summed E-state index contributed by atoms with van der Waals surface area (Å²) in [6.45, 7) is 1.75. The minimum atomic E-state index is -0.496. The Morgan fingerprint density at radius 3 is 2.50 bits per heavy atom. The van der Waals surface area contributed by atoms with Crippen molar-refractivity contribution in [3.05, 3.63) is 59.4 Å². The van der Waals surface area contributed by atoms with Gasteiger partial charge in [-0.15, -0.1) is 0 Å². The maximum absolute atomic E-state index is 12.2. The van der Waals surface area contributed by atoms with Crippen molar-refractivity contribution in [2.24, 2.45) is 0 Å². The first-order chi connectivity index (χ1) is 9.63. The Morgan fingerprint density at radius 2 is 1.80 bits per heavy atom. The van der Waals surface area contributed by atoms with E-state index < -0.39 is 5.97 Å². The molecule has 2 rings (SSSR count). The predicted molar refractivity (Wildman–Crippen MR) is 74.7 cm³/mol. The lowest BCUT2D eigenvalue weighted by Gasteiger charge is -2.10. The van der Waals surface area contributed by atoms with Crippen LogP contribution in [0.3, 0.4) is 0 Å². The third-order valence-corrected chi connectivity index (χ3v) is 2.83. The molecule has 20 heavy (non-hydrogen) atoms. The van der Waals surface area contributed by atoms with Gasteiger partial charge in [-0.3, -0.25) is 9.78 Å². The lowest BCUT2D eigenvalue weighted by atomic mass is 10.1. The van der Waals surface area contributed by atoms with Crippen molar-refractivity contribution in [1.82, 2.24) is 4.98 Å². The average Bonchev–Trinajstić information content (AvgIpc) is 2.47. The van der Waals surface area contributed by atoms with Crippen LogP contribution in [0.25, 0.3) is 0 Å². The quantitative estimate of drug-likeness (QED) is 0.870. The Kier molecular flexibility index (Phi) is 4.10. The number of hydrogen-bond acceptors (Lipinski definition) is 4. The molecule has 0 bridgehead atoms. The molecule has 5 nitrogen and oxygen atoms in total. The molecule has 2 aromatic rings. The summed E-state index contributed by atoms with van der Waals surface area (Å²) < 4.78 is 4.69. The molecule has 102 valence electrons. The molecule has 0 atom stereocenters. The van der Waals surface area contributed by atoms with Gasteiger partial charge in [0, 0.05) is 11.9 Å². The number of hydrogen-bond donors (Lipinski definition) is 1. The maximum Gasteiger partial charge on any atom is 0.339 e. The Morgan fingerprint density at radius 1 is 1.10 bits per heavy atom. The normalized spacial score (nSPS) is 9.90. The van der Waals surface area contributed by atoms with E-state index >= 15 is 0 Å². The fourth-order valence-corrected chi connectivity index (χ4v) is 1.79. The Hall–Kier alpha value is -2.69. The monoisotopic (exact) mass is 270 g/mol. The molecule has 0 aliphatic heterocycles. The lowest BCUT2D eigenvalue weighted by molar-refractivity contribution is 0.0602. The molecule has 1 aromatic carbocycles. The van der Waals surface area contributed by atoms with Crippen LogP contribution in [0, 0.1) is 6.92 Å². The first-order valence-corrected chi connectivity index (χ1v) is 6.04. The van der Waals surface area contributed by atoms with Gasteiger partial charge < -0.3 is 10.1 Å². The van der Waals surface area contributed by atoms with Gasteiger partial charge in [0.25, 0.3) is 5.91 Å². The number of ether oxygens (including phenoxy) is 1. The standard InChI is InChI=1S/C15H14N2O3/c1-10-11(7-5-9-16-10)14(18)17-13-8-4-3-6-12(13)15(19)20-2/h3-9H,1-2H3,(H,17,18). The maximum atomic E-state index is 12.2. The molecule has 1 amide bonds. The molecule has 0 spiro atoms. The summed E-state index contributed by atoms with van der Waals surface area (Å²) in [6, 6.07) is 10.1. The summed E-state index contributed by atoms with van der Waals surface area (Å²) in [6.07, 6.45) is 1.62. The van der Waals surface area contributed by atoms with Gasteiger partial charge in [-0.25, -0.2) is 4.79 Å². The Bertz CT molecular complexity index is 653. The first-order valence-electron chi connectivity index (χ1n) is 6.04. The zero-order valence-corrected chi connectivity index (χ0v) is 11.2. The summed E-state index contributed by atoms with van der Waals surface area (Å²) in [5.74, 6) is -0.809. The minimum Gasteiger partial charge on any atom is -0.465 e. The van der Waals surface area contributed by atoms with Crippen LogP contribution in [0.4, 0.5) is 5.69 Å². The van der Waals surface area contributed by atoms with Gasteiger partial charge >= 0.3 is 5.97 Å². The summed E-state index contributed by atoms with van der Waals surface area (Å²) in [7, 11) is 1.30. The number of carbonyl (C=O) groups excluding carboxylic acids is 2. The number of nitrogens with zero attached hydrogens (tertiary/aromatic N) is 1. The van der Waals surface area contributed by atoms with E-state index in [1.54, 1.807) is 49.5 Å². The fourth-order valence-electron chi connectivity index (χ4n) is 1.79. The number of carbonyl (C=O) groups is 2. The SMILES string of the molecule is COC(=O)c1ccccc1NC(=O)c1cccnc1C. The van der Waals surface area contributed by atoms with Gasteiger partial charge in [0.15, 0.2) is 0 Å². The number of methoxy groups -OCH3 is 1. The molecule has 0 saturated heterocycles. The zero-order valence-electron chi connectivity index (χ0n) is 11.2. The van der Waals surface area contributed by atoms with Gasteiger partial charge in [0.1, 0.15) is 0 Å². The second kappa shape index (κ2) is 5.97. The molecule has 1 aromatic heterocycles. The number of esters is 1. The molecular formula is C15H14N2O3. The number of rotatable bonds is 3. The predicted octanol–water partition coefficient (Wildman–Crippen LogP) is 2.43. The molecule has 0 fully saturated rings.